The Hall–Kier alpha value is -2.86. The number of amides is 1. The zero-order valence-electron chi connectivity index (χ0n) is 15.1. The number of ether oxygens (including phenoxy) is 1. The molecule has 0 fully saturated rings. The lowest BCUT2D eigenvalue weighted by atomic mass is 10.0. The van der Waals surface area contributed by atoms with Gasteiger partial charge in [-0.25, -0.2) is 0 Å². The number of benzene rings is 1. The van der Waals surface area contributed by atoms with E-state index in [2.05, 4.69) is 11.4 Å². The SMILES string of the molecule is COc1cc(-c2cc(C)c(=O)n(C)c2)ccc1C(=O)N1C[C@@H]2C=C1CN2. The van der Waals surface area contributed by atoms with Crippen molar-refractivity contribution in [2.75, 3.05) is 20.2 Å². The maximum atomic E-state index is 12.9. The Morgan fingerprint density at radius 3 is 2.69 bits per heavy atom. The van der Waals surface area contributed by atoms with Gasteiger partial charge in [0.15, 0.2) is 0 Å². The van der Waals surface area contributed by atoms with Gasteiger partial charge in [0, 0.05) is 43.6 Å². The summed E-state index contributed by atoms with van der Waals surface area (Å²) < 4.78 is 7.07. The van der Waals surface area contributed by atoms with Crippen molar-refractivity contribution in [3.63, 3.8) is 0 Å². The Morgan fingerprint density at radius 1 is 1.27 bits per heavy atom. The minimum atomic E-state index is -0.0414. The third-order valence-electron chi connectivity index (χ3n) is 5.04. The van der Waals surface area contributed by atoms with Gasteiger partial charge in [-0.15, -0.1) is 0 Å². The van der Waals surface area contributed by atoms with Crippen LogP contribution in [0.3, 0.4) is 0 Å². The smallest absolute Gasteiger partial charge is 0.261 e. The van der Waals surface area contributed by atoms with Crippen molar-refractivity contribution in [2.45, 2.75) is 13.0 Å². The first-order valence-corrected chi connectivity index (χ1v) is 8.59. The molecule has 0 unspecified atom stereocenters. The van der Waals surface area contributed by atoms with E-state index in [-0.39, 0.29) is 17.5 Å². The number of carbonyl (C=O) groups is 1. The molecular formula is C20H21N3O3. The van der Waals surface area contributed by atoms with Gasteiger partial charge in [-0.1, -0.05) is 6.07 Å². The number of rotatable bonds is 3. The molecule has 0 saturated carbocycles. The molecule has 26 heavy (non-hydrogen) atoms. The molecule has 1 atom stereocenters. The van der Waals surface area contributed by atoms with Gasteiger partial charge in [0.05, 0.1) is 12.7 Å². The number of nitrogens with zero attached hydrogens (tertiary/aromatic N) is 2. The van der Waals surface area contributed by atoms with Crippen LogP contribution in [0.4, 0.5) is 0 Å². The number of hydrogen-bond acceptors (Lipinski definition) is 4. The van der Waals surface area contributed by atoms with E-state index in [0.717, 1.165) is 23.4 Å². The van der Waals surface area contributed by atoms with Crippen molar-refractivity contribution in [3.05, 3.63) is 63.7 Å². The molecule has 1 amide bonds. The van der Waals surface area contributed by atoms with E-state index in [1.807, 2.05) is 23.1 Å². The number of carbonyl (C=O) groups excluding carboxylic acids is 1. The van der Waals surface area contributed by atoms with Gasteiger partial charge in [0.25, 0.3) is 11.5 Å². The number of aryl methyl sites for hydroxylation is 2. The monoisotopic (exact) mass is 351 g/mol. The van der Waals surface area contributed by atoms with E-state index in [1.165, 1.54) is 0 Å². The van der Waals surface area contributed by atoms with Crippen LogP contribution in [0.25, 0.3) is 11.1 Å². The molecule has 2 bridgehead atoms. The largest absolute Gasteiger partial charge is 0.496 e. The maximum absolute atomic E-state index is 12.9. The summed E-state index contributed by atoms with van der Waals surface area (Å²) >= 11 is 0. The van der Waals surface area contributed by atoms with Gasteiger partial charge >= 0.3 is 0 Å². The van der Waals surface area contributed by atoms with E-state index < -0.39 is 0 Å². The van der Waals surface area contributed by atoms with Gasteiger partial charge in [-0.05, 0) is 42.3 Å². The molecule has 1 N–H and O–H groups in total. The molecule has 1 aromatic heterocycles. The first-order valence-electron chi connectivity index (χ1n) is 8.59. The molecule has 134 valence electrons. The molecule has 4 rings (SSSR count). The van der Waals surface area contributed by atoms with Crippen molar-refractivity contribution < 1.29 is 9.53 Å². The number of hydrogen-bond donors (Lipinski definition) is 1. The van der Waals surface area contributed by atoms with Crippen LogP contribution >= 0.6 is 0 Å². The van der Waals surface area contributed by atoms with Crippen LogP contribution in [-0.4, -0.2) is 41.6 Å². The van der Waals surface area contributed by atoms with Gasteiger partial charge in [0.1, 0.15) is 5.75 Å². The number of aromatic nitrogens is 1. The highest BCUT2D eigenvalue weighted by Gasteiger charge is 2.34. The minimum Gasteiger partial charge on any atom is -0.496 e. The molecular weight excluding hydrogens is 330 g/mol. The molecule has 0 radical (unpaired) electrons. The standard InChI is InChI=1S/C20H21N3O3/c1-12-6-14(10-22(2)19(12)24)13-4-5-17(18(7-13)26-3)20(25)23-11-15-8-16(23)9-21-15/h4-8,10,15,21H,9,11H2,1-3H3/t15-/m0/s1. The first kappa shape index (κ1) is 16.6. The van der Waals surface area contributed by atoms with E-state index >= 15 is 0 Å². The Kier molecular flexibility index (Phi) is 3.92. The second-order valence-electron chi connectivity index (χ2n) is 6.80. The van der Waals surface area contributed by atoms with Crippen molar-refractivity contribution in [1.29, 1.82) is 0 Å². The lowest BCUT2D eigenvalue weighted by Crippen LogP contribution is -2.43. The van der Waals surface area contributed by atoms with Crippen LogP contribution in [0.5, 0.6) is 5.75 Å². The second-order valence-corrected chi connectivity index (χ2v) is 6.80. The number of fused-ring (bicyclic) bond motifs is 1. The lowest BCUT2D eigenvalue weighted by molar-refractivity contribution is 0.0794. The summed E-state index contributed by atoms with van der Waals surface area (Å²) in [4.78, 5) is 26.7. The fraction of sp³-hybridized carbons (Fsp3) is 0.300. The Morgan fingerprint density at radius 2 is 2.08 bits per heavy atom. The number of piperazine rings is 1. The number of methoxy groups -OCH3 is 1. The van der Waals surface area contributed by atoms with Crippen LogP contribution < -0.4 is 15.6 Å². The van der Waals surface area contributed by atoms with E-state index in [0.29, 0.717) is 23.4 Å². The Labute approximate surface area is 151 Å². The van der Waals surface area contributed by atoms with Crippen LogP contribution in [-0.2, 0) is 7.05 Å². The molecule has 2 aliphatic heterocycles. The maximum Gasteiger partial charge on any atom is 0.261 e. The summed E-state index contributed by atoms with van der Waals surface area (Å²) in [6.07, 6.45) is 3.90. The van der Waals surface area contributed by atoms with Crippen molar-refractivity contribution in [1.82, 2.24) is 14.8 Å². The van der Waals surface area contributed by atoms with Crippen LogP contribution in [0, 0.1) is 6.92 Å². The molecule has 3 heterocycles. The Balaban J connectivity index is 1.70. The summed E-state index contributed by atoms with van der Waals surface area (Å²) in [6, 6.07) is 7.67. The molecule has 6 nitrogen and oxygen atoms in total. The summed E-state index contributed by atoms with van der Waals surface area (Å²) in [5.41, 5.74) is 4.05. The van der Waals surface area contributed by atoms with Crippen molar-refractivity contribution >= 4 is 5.91 Å². The molecule has 0 spiro atoms. The second kappa shape index (κ2) is 6.14. The van der Waals surface area contributed by atoms with Crippen molar-refractivity contribution in [2.24, 2.45) is 7.05 Å². The fourth-order valence-corrected chi connectivity index (χ4v) is 3.64. The lowest BCUT2D eigenvalue weighted by Gasteiger charge is -2.26. The zero-order chi connectivity index (χ0) is 18.4. The predicted octanol–water partition coefficient (Wildman–Crippen LogP) is 1.68. The van der Waals surface area contributed by atoms with E-state index in [1.54, 1.807) is 37.9 Å². The first-order chi connectivity index (χ1) is 12.5. The molecule has 1 aromatic carbocycles. The normalized spacial score (nSPS) is 18.2. The highest BCUT2D eigenvalue weighted by atomic mass is 16.5. The molecule has 2 aliphatic rings. The van der Waals surface area contributed by atoms with Gasteiger partial charge < -0.3 is 19.5 Å². The molecule has 6 heteroatoms. The average molecular weight is 351 g/mol. The summed E-state index contributed by atoms with van der Waals surface area (Å²) in [5, 5.41) is 3.32. The van der Waals surface area contributed by atoms with Crippen LogP contribution in [0.15, 0.2) is 47.0 Å². The molecule has 0 saturated heterocycles. The van der Waals surface area contributed by atoms with Crippen LogP contribution in [0.2, 0.25) is 0 Å². The third-order valence-corrected chi connectivity index (χ3v) is 5.04. The molecule has 0 aliphatic carbocycles. The summed E-state index contributed by atoms with van der Waals surface area (Å²) in [6.45, 7) is 3.19. The fourth-order valence-electron chi connectivity index (χ4n) is 3.64. The zero-order valence-corrected chi connectivity index (χ0v) is 15.1. The Bertz CT molecular complexity index is 964. The van der Waals surface area contributed by atoms with Gasteiger partial charge in [-0.3, -0.25) is 9.59 Å². The highest BCUT2D eigenvalue weighted by molar-refractivity contribution is 5.99. The summed E-state index contributed by atoms with van der Waals surface area (Å²) in [7, 11) is 3.30. The average Bonchev–Trinajstić information content (AvgIpc) is 3.28. The number of pyridine rings is 1. The third kappa shape index (κ3) is 2.63. The topological polar surface area (TPSA) is 63.6 Å². The summed E-state index contributed by atoms with van der Waals surface area (Å²) in [5.74, 6) is 0.496. The van der Waals surface area contributed by atoms with E-state index in [9.17, 15) is 9.59 Å². The molecule has 2 aromatic rings. The van der Waals surface area contributed by atoms with Crippen LogP contribution in [0.1, 0.15) is 15.9 Å². The predicted molar refractivity (Wildman–Crippen MR) is 99.3 cm³/mol. The quantitative estimate of drug-likeness (QED) is 0.914. The van der Waals surface area contributed by atoms with Gasteiger partial charge in [0.2, 0.25) is 0 Å². The van der Waals surface area contributed by atoms with E-state index in [4.69, 9.17) is 4.74 Å². The van der Waals surface area contributed by atoms with Gasteiger partial charge in [-0.2, -0.15) is 0 Å². The number of nitrogens with one attached hydrogen (secondary N) is 1. The highest BCUT2D eigenvalue weighted by Crippen LogP contribution is 2.30. The van der Waals surface area contributed by atoms with Crippen molar-refractivity contribution in [3.8, 4) is 16.9 Å². The minimum absolute atomic E-state index is 0.0153.